The Morgan fingerprint density at radius 2 is 2.00 bits per heavy atom. The maximum atomic E-state index is 12.3. The minimum absolute atomic E-state index is 0.0706. The van der Waals surface area contributed by atoms with Crippen LogP contribution in [0.15, 0.2) is 53.7 Å². The number of fused-ring (bicyclic) bond motifs is 3. The SMILES string of the molecule is CC(NC(=O)CSc1nnc2sc3ccccc3n12)c1ccccc1Cl. The van der Waals surface area contributed by atoms with Gasteiger partial charge in [-0.25, -0.2) is 0 Å². The minimum Gasteiger partial charge on any atom is -0.349 e. The number of nitrogens with one attached hydrogen (secondary N) is 1. The molecule has 2 aromatic carbocycles. The largest absolute Gasteiger partial charge is 0.349 e. The Labute approximate surface area is 163 Å². The van der Waals surface area contributed by atoms with Crippen molar-refractivity contribution in [3.63, 3.8) is 0 Å². The van der Waals surface area contributed by atoms with Crippen molar-refractivity contribution >= 4 is 55.8 Å². The fourth-order valence-corrected chi connectivity index (χ4v) is 4.84. The lowest BCUT2D eigenvalue weighted by atomic mass is 10.1. The molecule has 0 bridgehead atoms. The number of hydrogen-bond donors (Lipinski definition) is 1. The van der Waals surface area contributed by atoms with Crippen LogP contribution < -0.4 is 5.32 Å². The van der Waals surface area contributed by atoms with Crippen molar-refractivity contribution in [3.8, 4) is 0 Å². The number of aromatic nitrogens is 3. The molecule has 1 unspecified atom stereocenters. The Bertz CT molecular complexity index is 1090. The first-order chi connectivity index (χ1) is 12.6. The molecule has 8 heteroatoms. The number of thiazole rings is 1. The number of para-hydroxylation sites is 1. The second kappa shape index (κ2) is 7.26. The van der Waals surface area contributed by atoms with Crippen LogP contribution in [-0.2, 0) is 4.79 Å². The fourth-order valence-electron chi connectivity index (χ4n) is 2.77. The lowest BCUT2D eigenvalue weighted by Gasteiger charge is -2.15. The van der Waals surface area contributed by atoms with Gasteiger partial charge in [0.15, 0.2) is 5.16 Å². The summed E-state index contributed by atoms with van der Waals surface area (Å²) in [6.07, 6.45) is 0. The summed E-state index contributed by atoms with van der Waals surface area (Å²) in [5, 5.41) is 12.8. The molecule has 0 radical (unpaired) electrons. The van der Waals surface area contributed by atoms with Gasteiger partial charge in [0, 0.05) is 5.02 Å². The van der Waals surface area contributed by atoms with Gasteiger partial charge in [-0.15, -0.1) is 10.2 Å². The first-order valence-corrected chi connectivity index (χ1v) is 10.2. The molecule has 26 heavy (non-hydrogen) atoms. The second-order valence-corrected chi connectivity index (χ2v) is 8.13. The van der Waals surface area contributed by atoms with E-state index < -0.39 is 0 Å². The number of amides is 1. The summed E-state index contributed by atoms with van der Waals surface area (Å²) < 4.78 is 3.14. The zero-order valence-electron chi connectivity index (χ0n) is 13.8. The van der Waals surface area contributed by atoms with Crippen molar-refractivity contribution in [2.75, 3.05) is 5.75 Å². The van der Waals surface area contributed by atoms with Gasteiger partial charge in [-0.05, 0) is 30.7 Å². The zero-order valence-corrected chi connectivity index (χ0v) is 16.2. The fraction of sp³-hybridized carbons (Fsp3) is 0.167. The van der Waals surface area contributed by atoms with E-state index in [9.17, 15) is 4.79 Å². The molecule has 1 N–H and O–H groups in total. The van der Waals surface area contributed by atoms with Crippen LogP contribution in [0.25, 0.3) is 15.2 Å². The summed E-state index contributed by atoms with van der Waals surface area (Å²) in [5.74, 6) is 0.193. The van der Waals surface area contributed by atoms with Crippen molar-refractivity contribution in [2.45, 2.75) is 18.1 Å². The van der Waals surface area contributed by atoms with Gasteiger partial charge in [0.25, 0.3) is 0 Å². The molecular formula is C18H15ClN4OS2. The van der Waals surface area contributed by atoms with E-state index >= 15 is 0 Å². The van der Waals surface area contributed by atoms with E-state index in [-0.39, 0.29) is 17.7 Å². The highest BCUT2D eigenvalue weighted by Crippen LogP contribution is 2.29. The predicted molar refractivity (Wildman–Crippen MR) is 107 cm³/mol. The monoisotopic (exact) mass is 402 g/mol. The first-order valence-electron chi connectivity index (χ1n) is 8.03. The number of carbonyl (C=O) groups is 1. The third-order valence-electron chi connectivity index (χ3n) is 3.99. The van der Waals surface area contributed by atoms with Gasteiger partial charge in [-0.3, -0.25) is 9.20 Å². The van der Waals surface area contributed by atoms with E-state index in [1.165, 1.54) is 11.8 Å². The van der Waals surface area contributed by atoms with Gasteiger partial charge >= 0.3 is 0 Å². The summed E-state index contributed by atoms with van der Waals surface area (Å²) in [7, 11) is 0. The molecule has 0 aliphatic heterocycles. The molecule has 1 atom stereocenters. The topological polar surface area (TPSA) is 59.3 Å². The summed E-state index contributed by atoms with van der Waals surface area (Å²) >= 11 is 9.16. The van der Waals surface area contributed by atoms with E-state index in [1.807, 2.05) is 53.8 Å². The molecule has 4 rings (SSSR count). The Kier molecular flexibility index (Phi) is 4.84. The van der Waals surface area contributed by atoms with E-state index in [2.05, 4.69) is 21.6 Å². The van der Waals surface area contributed by atoms with Crippen LogP contribution >= 0.6 is 34.7 Å². The van der Waals surface area contributed by atoms with Gasteiger partial charge in [-0.1, -0.05) is 65.0 Å². The van der Waals surface area contributed by atoms with Crippen LogP contribution in [0.5, 0.6) is 0 Å². The number of benzene rings is 2. The lowest BCUT2D eigenvalue weighted by molar-refractivity contribution is -0.119. The maximum Gasteiger partial charge on any atom is 0.230 e. The predicted octanol–water partition coefficient (Wildman–Crippen LogP) is 4.57. The van der Waals surface area contributed by atoms with Gasteiger partial charge in [-0.2, -0.15) is 0 Å². The normalized spacial score (nSPS) is 12.5. The van der Waals surface area contributed by atoms with Crippen LogP contribution in [0.3, 0.4) is 0 Å². The highest BCUT2D eigenvalue weighted by molar-refractivity contribution is 7.99. The Balaban J connectivity index is 1.46. The number of carbonyl (C=O) groups excluding carboxylic acids is 1. The zero-order chi connectivity index (χ0) is 18.1. The number of hydrogen-bond acceptors (Lipinski definition) is 5. The molecule has 0 fully saturated rings. The molecule has 0 spiro atoms. The molecule has 1 amide bonds. The minimum atomic E-state index is -0.155. The van der Waals surface area contributed by atoms with E-state index in [0.717, 1.165) is 25.9 Å². The maximum absolute atomic E-state index is 12.3. The molecule has 0 aliphatic rings. The van der Waals surface area contributed by atoms with E-state index in [4.69, 9.17) is 11.6 Å². The molecule has 4 aromatic rings. The second-order valence-electron chi connectivity index (χ2n) is 5.77. The molecular weight excluding hydrogens is 388 g/mol. The van der Waals surface area contributed by atoms with Gasteiger partial charge in [0.1, 0.15) is 0 Å². The van der Waals surface area contributed by atoms with Crippen LogP contribution in [0.2, 0.25) is 5.02 Å². The number of thioether (sulfide) groups is 1. The van der Waals surface area contributed by atoms with Gasteiger partial charge < -0.3 is 5.32 Å². The number of halogens is 1. The summed E-state index contributed by atoms with van der Waals surface area (Å²) in [6.45, 7) is 1.92. The van der Waals surface area contributed by atoms with Crippen molar-refractivity contribution in [3.05, 3.63) is 59.1 Å². The van der Waals surface area contributed by atoms with Crippen molar-refractivity contribution in [1.29, 1.82) is 0 Å². The van der Waals surface area contributed by atoms with Crippen LogP contribution in [0, 0.1) is 0 Å². The Morgan fingerprint density at radius 3 is 2.85 bits per heavy atom. The Morgan fingerprint density at radius 1 is 1.23 bits per heavy atom. The van der Waals surface area contributed by atoms with Crippen molar-refractivity contribution < 1.29 is 4.79 Å². The highest BCUT2D eigenvalue weighted by atomic mass is 35.5. The summed E-state index contributed by atoms with van der Waals surface area (Å²) in [4.78, 5) is 13.2. The highest BCUT2D eigenvalue weighted by Gasteiger charge is 2.16. The molecule has 5 nitrogen and oxygen atoms in total. The van der Waals surface area contributed by atoms with Crippen LogP contribution in [0.4, 0.5) is 0 Å². The average Bonchev–Trinajstić information content (AvgIpc) is 3.19. The number of rotatable bonds is 5. The summed E-state index contributed by atoms with van der Waals surface area (Å²) in [5.41, 5.74) is 1.96. The van der Waals surface area contributed by atoms with Crippen molar-refractivity contribution in [1.82, 2.24) is 19.9 Å². The van der Waals surface area contributed by atoms with Crippen LogP contribution in [-0.4, -0.2) is 26.3 Å². The molecule has 132 valence electrons. The van der Waals surface area contributed by atoms with Gasteiger partial charge in [0.05, 0.1) is 22.0 Å². The standard InChI is InChI=1S/C18H15ClN4OS2/c1-11(12-6-2-3-7-13(12)19)20-16(24)10-25-17-21-22-18-23(17)14-8-4-5-9-15(14)26-18/h2-9,11H,10H2,1H3,(H,20,24). The molecule has 0 saturated heterocycles. The molecule has 2 aromatic heterocycles. The molecule has 0 saturated carbocycles. The van der Waals surface area contributed by atoms with E-state index in [0.29, 0.717) is 5.02 Å². The Hall–Kier alpha value is -2.09. The summed E-state index contributed by atoms with van der Waals surface area (Å²) in [6, 6.07) is 15.4. The molecule has 0 aliphatic carbocycles. The average molecular weight is 403 g/mol. The lowest BCUT2D eigenvalue weighted by Crippen LogP contribution is -2.28. The van der Waals surface area contributed by atoms with Gasteiger partial charge in [0.2, 0.25) is 10.9 Å². The number of nitrogens with zero attached hydrogens (tertiary/aromatic N) is 3. The molecule has 2 heterocycles. The third-order valence-corrected chi connectivity index (χ3v) is 6.28. The smallest absolute Gasteiger partial charge is 0.230 e. The third kappa shape index (κ3) is 3.30. The van der Waals surface area contributed by atoms with E-state index in [1.54, 1.807) is 11.3 Å². The first kappa shape index (κ1) is 17.3. The van der Waals surface area contributed by atoms with Crippen molar-refractivity contribution in [2.24, 2.45) is 0 Å². The van der Waals surface area contributed by atoms with Crippen LogP contribution in [0.1, 0.15) is 18.5 Å². The quantitative estimate of drug-likeness (QED) is 0.497.